The van der Waals surface area contributed by atoms with E-state index in [0.717, 1.165) is 5.56 Å². The quantitative estimate of drug-likeness (QED) is 0.701. The van der Waals surface area contributed by atoms with Gasteiger partial charge in [0.25, 0.3) is 0 Å². The van der Waals surface area contributed by atoms with E-state index >= 15 is 0 Å². The lowest BCUT2D eigenvalue weighted by atomic mass is 10.1. The average molecular weight is 289 g/mol. The summed E-state index contributed by atoms with van der Waals surface area (Å²) in [5.41, 5.74) is 6.12. The zero-order valence-corrected chi connectivity index (χ0v) is 11.1. The SMILES string of the molecule is NC(Cc1ccc(O)cc1)C(=O)O.O=C1C=CC(=O)C=C1. The maximum absolute atomic E-state index is 10.4. The highest BCUT2D eigenvalue weighted by molar-refractivity contribution is 6.14. The van der Waals surface area contributed by atoms with Crippen LogP contribution in [0.3, 0.4) is 0 Å². The van der Waals surface area contributed by atoms with Crippen molar-refractivity contribution in [2.45, 2.75) is 12.5 Å². The molecule has 0 aliphatic heterocycles. The molecule has 0 radical (unpaired) electrons. The molecular formula is C15H15NO5. The highest BCUT2D eigenvalue weighted by Gasteiger charge is 2.11. The van der Waals surface area contributed by atoms with Crippen LogP contribution >= 0.6 is 0 Å². The molecule has 1 aromatic rings. The highest BCUT2D eigenvalue weighted by atomic mass is 16.4. The van der Waals surface area contributed by atoms with Gasteiger partial charge in [0.05, 0.1) is 0 Å². The minimum absolute atomic E-state index is 0.121. The van der Waals surface area contributed by atoms with Gasteiger partial charge in [-0.3, -0.25) is 14.4 Å². The monoisotopic (exact) mass is 289 g/mol. The van der Waals surface area contributed by atoms with E-state index in [0.29, 0.717) is 0 Å². The zero-order chi connectivity index (χ0) is 15.8. The van der Waals surface area contributed by atoms with Gasteiger partial charge in [-0.15, -0.1) is 0 Å². The van der Waals surface area contributed by atoms with Crippen LogP contribution in [0.2, 0.25) is 0 Å². The summed E-state index contributed by atoms with van der Waals surface area (Å²) in [5.74, 6) is -1.10. The molecule has 0 heterocycles. The molecule has 1 aromatic carbocycles. The number of aliphatic carboxylic acids is 1. The van der Waals surface area contributed by atoms with E-state index in [1.165, 1.54) is 36.4 Å². The van der Waals surface area contributed by atoms with Crippen molar-refractivity contribution < 1.29 is 24.6 Å². The molecule has 0 spiro atoms. The summed E-state index contributed by atoms with van der Waals surface area (Å²) >= 11 is 0. The molecule has 0 amide bonds. The summed E-state index contributed by atoms with van der Waals surface area (Å²) in [6.45, 7) is 0. The molecule has 0 saturated heterocycles. The molecule has 0 bridgehead atoms. The number of aromatic hydroxyl groups is 1. The molecule has 0 fully saturated rings. The summed E-state index contributed by atoms with van der Waals surface area (Å²) < 4.78 is 0. The number of carboxylic acid groups (broad SMARTS) is 1. The van der Waals surface area contributed by atoms with Crippen molar-refractivity contribution in [2.24, 2.45) is 5.73 Å². The summed E-state index contributed by atoms with van der Waals surface area (Å²) in [6, 6.07) is 5.42. The third kappa shape index (κ3) is 6.31. The van der Waals surface area contributed by atoms with Gasteiger partial charge in [0.2, 0.25) is 0 Å². The van der Waals surface area contributed by atoms with Crippen LogP contribution in [-0.2, 0) is 20.8 Å². The van der Waals surface area contributed by atoms with E-state index in [9.17, 15) is 14.4 Å². The van der Waals surface area contributed by atoms with E-state index in [-0.39, 0.29) is 23.7 Å². The number of nitrogens with two attached hydrogens (primary N) is 1. The maximum atomic E-state index is 10.4. The highest BCUT2D eigenvalue weighted by Crippen LogP contribution is 2.10. The van der Waals surface area contributed by atoms with Crippen molar-refractivity contribution in [3.05, 3.63) is 54.1 Å². The van der Waals surface area contributed by atoms with Gasteiger partial charge in [-0.25, -0.2) is 0 Å². The van der Waals surface area contributed by atoms with Crippen LogP contribution in [0.4, 0.5) is 0 Å². The Hall–Kier alpha value is -2.73. The summed E-state index contributed by atoms with van der Waals surface area (Å²) in [6.07, 6.45) is 5.28. The van der Waals surface area contributed by atoms with E-state index in [4.69, 9.17) is 15.9 Å². The van der Waals surface area contributed by atoms with Crippen molar-refractivity contribution in [3.8, 4) is 5.75 Å². The number of carboxylic acids is 1. The van der Waals surface area contributed by atoms with Gasteiger partial charge in [0.1, 0.15) is 11.8 Å². The molecule has 6 nitrogen and oxygen atoms in total. The van der Waals surface area contributed by atoms with Gasteiger partial charge < -0.3 is 15.9 Å². The second kappa shape index (κ2) is 7.76. The predicted octanol–water partition coefficient (Wildman–Crippen LogP) is 0.597. The van der Waals surface area contributed by atoms with Gasteiger partial charge in [0, 0.05) is 0 Å². The Kier molecular flexibility index (Phi) is 6.03. The maximum Gasteiger partial charge on any atom is 0.320 e. The molecule has 21 heavy (non-hydrogen) atoms. The molecular weight excluding hydrogens is 274 g/mol. The number of carbonyl (C=O) groups is 3. The first-order chi connectivity index (χ1) is 9.88. The molecule has 110 valence electrons. The van der Waals surface area contributed by atoms with Crippen LogP contribution in [0, 0.1) is 0 Å². The number of phenols is 1. The molecule has 0 saturated carbocycles. The molecule has 4 N–H and O–H groups in total. The number of ketones is 2. The molecule has 0 aromatic heterocycles. The molecule has 6 heteroatoms. The number of hydrogen-bond donors (Lipinski definition) is 3. The number of rotatable bonds is 3. The number of hydrogen-bond acceptors (Lipinski definition) is 5. The minimum Gasteiger partial charge on any atom is -0.508 e. The van der Waals surface area contributed by atoms with E-state index in [1.807, 2.05) is 0 Å². The number of allylic oxidation sites excluding steroid dienone is 4. The van der Waals surface area contributed by atoms with Crippen molar-refractivity contribution >= 4 is 17.5 Å². The van der Waals surface area contributed by atoms with Gasteiger partial charge in [-0.05, 0) is 48.4 Å². The van der Waals surface area contributed by atoms with E-state index < -0.39 is 12.0 Å². The van der Waals surface area contributed by atoms with Crippen LogP contribution in [-0.4, -0.2) is 33.8 Å². The average Bonchev–Trinajstić information content (AvgIpc) is 2.45. The Morgan fingerprint density at radius 2 is 1.43 bits per heavy atom. The zero-order valence-electron chi connectivity index (χ0n) is 11.1. The summed E-state index contributed by atoms with van der Waals surface area (Å²) in [4.78, 5) is 31.0. The van der Waals surface area contributed by atoms with E-state index in [1.54, 1.807) is 12.1 Å². The number of phenolic OH excluding ortho intramolecular Hbond substituents is 1. The van der Waals surface area contributed by atoms with Gasteiger partial charge >= 0.3 is 5.97 Å². The Morgan fingerprint density at radius 3 is 1.81 bits per heavy atom. The van der Waals surface area contributed by atoms with Gasteiger partial charge in [0.15, 0.2) is 11.6 Å². The van der Waals surface area contributed by atoms with Crippen LogP contribution in [0.1, 0.15) is 5.56 Å². The van der Waals surface area contributed by atoms with Crippen LogP contribution < -0.4 is 5.73 Å². The van der Waals surface area contributed by atoms with Crippen LogP contribution in [0.25, 0.3) is 0 Å². The number of benzene rings is 1. The first-order valence-corrected chi connectivity index (χ1v) is 6.09. The minimum atomic E-state index is -1.02. The Balaban J connectivity index is 0.000000235. The first-order valence-electron chi connectivity index (χ1n) is 6.09. The molecule has 1 aliphatic rings. The van der Waals surface area contributed by atoms with Gasteiger partial charge in [-0.2, -0.15) is 0 Å². The molecule has 1 unspecified atom stereocenters. The first kappa shape index (κ1) is 16.3. The van der Waals surface area contributed by atoms with Crippen molar-refractivity contribution in [2.75, 3.05) is 0 Å². The Bertz CT molecular complexity index is 549. The Labute approximate surface area is 121 Å². The van der Waals surface area contributed by atoms with Gasteiger partial charge in [-0.1, -0.05) is 12.1 Å². The molecule has 2 rings (SSSR count). The van der Waals surface area contributed by atoms with Crippen LogP contribution in [0.5, 0.6) is 5.75 Å². The fourth-order valence-corrected chi connectivity index (χ4v) is 1.41. The van der Waals surface area contributed by atoms with E-state index in [2.05, 4.69) is 0 Å². The third-order valence-corrected chi connectivity index (χ3v) is 2.53. The summed E-state index contributed by atoms with van der Waals surface area (Å²) in [7, 11) is 0. The normalized spacial score (nSPS) is 14.3. The fourth-order valence-electron chi connectivity index (χ4n) is 1.41. The largest absolute Gasteiger partial charge is 0.508 e. The second-order valence-corrected chi connectivity index (χ2v) is 4.29. The lowest BCUT2D eigenvalue weighted by molar-refractivity contribution is -0.138. The number of carbonyl (C=O) groups excluding carboxylic acids is 2. The smallest absolute Gasteiger partial charge is 0.320 e. The third-order valence-electron chi connectivity index (χ3n) is 2.53. The fraction of sp³-hybridized carbons (Fsp3) is 0.133. The van der Waals surface area contributed by atoms with Crippen molar-refractivity contribution in [1.29, 1.82) is 0 Å². The summed E-state index contributed by atoms with van der Waals surface area (Å²) in [5, 5.41) is 17.5. The Morgan fingerprint density at radius 1 is 1.00 bits per heavy atom. The van der Waals surface area contributed by atoms with Crippen molar-refractivity contribution in [1.82, 2.24) is 0 Å². The molecule has 1 atom stereocenters. The van der Waals surface area contributed by atoms with Crippen LogP contribution in [0.15, 0.2) is 48.6 Å². The lowest BCUT2D eigenvalue weighted by Crippen LogP contribution is -2.32. The predicted molar refractivity (Wildman–Crippen MR) is 75.7 cm³/mol. The topological polar surface area (TPSA) is 118 Å². The lowest BCUT2D eigenvalue weighted by Gasteiger charge is -2.05. The second-order valence-electron chi connectivity index (χ2n) is 4.29. The molecule has 1 aliphatic carbocycles. The van der Waals surface area contributed by atoms with Crippen molar-refractivity contribution in [3.63, 3.8) is 0 Å². The standard InChI is InChI=1S/C9H11NO3.C6H4O2/c10-8(9(12)13)5-6-1-3-7(11)4-2-6;7-5-1-2-6(8)4-3-5/h1-4,8,11H,5,10H2,(H,12,13);1-4H.